The van der Waals surface area contributed by atoms with Crippen LogP contribution in [0.5, 0.6) is 0 Å². The van der Waals surface area contributed by atoms with E-state index >= 15 is 0 Å². The average molecular weight is 314 g/mol. The van der Waals surface area contributed by atoms with Gasteiger partial charge in [0.05, 0.1) is 11.6 Å². The Balaban J connectivity index is 1.72. The van der Waals surface area contributed by atoms with Gasteiger partial charge in [-0.3, -0.25) is 4.79 Å². The van der Waals surface area contributed by atoms with Crippen LogP contribution in [0.15, 0.2) is 18.2 Å². The molecule has 0 atom stereocenters. The molecule has 1 aliphatic rings. The molecule has 1 aliphatic carbocycles. The maximum Gasteiger partial charge on any atom is 0.319 e. The number of anilines is 1. The van der Waals surface area contributed by atoms with Gasteiger partial charge in [-0.05, 0) is 37.5 Å². The lowest BCUT2D eigenvalue weighted by atomic mass is 10.1. The number of carbonyl (C=O) groups is 2. The number of aryl methyl sites for hydroxylation is 1. The molecule has 6 nitrogen and oxygen atoms in total. The number of rotatable bonds is 5. The van der Waals surface area contributed by atoms with Gasteiger partial charge in [-0.25, -0.2) is 4.79 Å². The van der Waals surface area contributed by atoms with Crippen LogP contribution in [0.3, 0.4) is 0 Å². The topological polar surface area (TPSA) is 94.0 Å². The summed E-state index contributed by atoms with van der Waals surface area (Å²) in [5.74, 6) is -0.0279. The number of nitriles is 1. The number of benzene rings is 1. The first-order valence-electron chi connectivity index (χ1n) is 7.93. The molecule has 122 valence electrons. The molecule has 1 aromatic carbocycles. The fourth-order valence-corrected chi connectivity index (χ4v) is 2.65. The standard InChI is InChI=1S/C17H22N4O2/c1-12-6-7-13(11-18)10-15(12)21-17(23)19-9-8-16(22)20-14-4-2-3-5-14/h6-7,10,14H,2-5,8-9H2,1H3,(H,20,22)(H2,19,21,23). The SMILES string of the molecule is Cc1ccc(C#N)cc1NC(=O)NCCC(=O)NC1CCCC1. The fraction of sp³-hybridized carbons (Fsp3) is 0.471. The zero-order valence-corrected chi connectivity index (χ0v) is 13.3. The number of hydrogen-bond donors (Lipinski definition) is 3. The number of hydrogen-bond acceptors (Lipinski definition) is 3. The summed E-state index contributed by atoms with van der Waals surface area (Å²) < 4.78 is 0. The van der Waals surface area contributed by atoms with Crippen molar-refractivity contribution in [3.05, 3.63) is 29.3 Å². The highest BCUT2D eigenvalue weighted by Crippen LogP contribution is 2.17. The summed E-state index contributed by atoms with van der Waals surface area (Å²) in [6.45, 7) is 2.13. The molecule has 0 spiro atoms. The predicted molar refractivity (Wildman–Crippen MR) is 87.9 cm³/mol. The molecule has 0 radical (unpaired) electrons. The summed E-state index contributed by atoms with van der Waals surface area (Å²) >= 11 is 0. The quantitative estimate of drug-likeness (QED) is 0.779. The summed E-state index contributed by atoms with van der Waals surface area (Å²) in [6.07, 6.45) is 4.71. The Labute approximate surface area is 136 Å². The van der Waals surface area contributed by atoms with E-state index < -0.39 is 0 Å². The second-order valence-electron chi connectivity index (χ2n) is 5.82. The van der Waals surface area contributed by atoms with E-state index in [-0.39, 0.29) is 24.9 Å². The third kappa shape index (κ3) is 5.29. The van der Waals surface area contributed by atoms with Crippen LogP contribution in [0.25, 0.3) is 0 Å². The van der Waals surface area contributed by atoms with Gasteiger partial charge in [0, 0.05) is 24.7 Å². The van der Waals surface area contributed by atoms with Crippen molar-refractivity contribution in [2.24, 2.45) is 0 Å². The van der Waals surface area contributed by atoms with Crippen LogP contribution in [0.2, 0.25) is 0 Å². The molecule has 0 heterocycles. The Bertz CT molecular complexity index is 616. The first-order chi connectivity index (χ1) is 11.1. The van der Waals surface area contributed by atoms with Gasteiger partial charge in [-0.1, -0.05) is 18.9 Å². The monoisotopic (exact) mass is 314 g/mol. The van der Waals surface area contributed by atoms with E-state index in [0.29, 0.717) is 17.3 Å². The van der Waals surface area contributed by atoms with Crippen LogP contribution in [-0.4, -0.2) is 24.5 Å². The molecular weight excluding hydrogens is 292 g/mol. The maximum absolute atomic E-state index is 11.9. The van der Waals surface area contributed by atoms with Gasteiger partial charge in [-0.2, -0.15) is 5.26 Å². The third-order valence-corrected chi connectivity index (χ3v) is 3.97. The molecule has 3 N–H and O–H groups in total. The van der Waals surface area contributed by atoms with E-state index in [1.165, 1.54) is 12.8 Å². The first kappa shape index (κ1) is 16.8. The molecule has 0 bridgehead atoms. The van der Waals surface area contributed by atoms with Crippen LogP contribution in [0.1, 0.15) is 43.2 Å². The summed E-state index contributed by atoms with van der Waals surface area (Å²) in [4.78, 5) is 23.6. The molecule has 0 unspecified atom stereocenters. The van der Waals surface area contributed by atoms with Gasteiger partial charge in [0.15, 0.2) is 0 Å². The lowest BCUT2D eigenvalue weighted by Crippen LogP contribution is -2.36. The molecule has 0 aliphatic heterocycles. The molecule has 1 saturated carbocycles. The van der Waals surface area contributed by atoms with Crippen molar-refractivity contribution < 1.29 is 9.59 Å². The summed E-state index contributed by atoms with van der Waals surface area (Å²) in [7, 11) is 0. The second-order valence-corrected chi connectivity index (χ2v) is 5.82. The van der Waals surface area contributed by atoms with Crippen LogP contribution in [0, 0.1) is 18.3 Å². The van der Waals surface area contributed by atoms with E-state index in [1.807, 2.05) is 13.0 Å². The minimum absolute atomic E-state index is 0.0279. The van der Waals surface area contributed by atoms with Crippen molar-refractivity contribution in [2.75, 3.05) is 11.9 Å². The Hall–Kier alpha value is -2.55. The van der Waals surface area contributed by atoms with Gasteiger partial charge in [0.25, 0.3) is 0 Å². The minimum Gasteiger partial charge on any atom is -0.353 e. The third-order valence-electron chi connectivity index (χ3n) is 3.97. The fourth-order valence-electron chi connectivity index (χ4n) is 2.65. The second kappa shape index (κ2) is 8.18. The zero-order chi connectivity index (χ0) is 16.7. The number of nitrogens with zero attached hydrogens (tertiary/aromatic N) is 1. The Morgan fingerprint density at radius 1 is 1.30 bits per heavy atom. The molecule has 0 saturated heterocycles. The zero-order valence-electron chi connectivity index (χ0n) is 13.3. The van der Waals surface area contributed by atoms with Crippen LogP contribution in [-0.2, 0) is 4.79 Å². The normalized spacial score (nSPS) is 14.1. The largest absolute Gasteiger partial charge is 0.353 e. The lowest BCUT2D eigenvalue weighted by molar-refractivity contribution is -0.121. The van der Waals surface area contributed by atoms with E-state index in [1.54, 1.807) is 18.2 Å². The van der Waals surface area contributed by atoms with Crippen molar-refractivity contribution in [1.82, 2.24) is 10.6 Å². The van der Waals surface area contributed by atoms with Crippen LogP contribution >= 0.6 is 0 Å². The lowest BCUT2D eigenvalue weighted by Gasteiger charge is -2.13. The molecular formula is C17H22N4O2. The number of carbonyl (C=O) groups excluding carboxylic acids is 2. The van der Waals surface area contributed by atoms with Crippen LogP contribution in [0.4, 0.5) is 10.5 Å². The molecule has 1 aromatic rings. The van der Waals surface area contributed by atoms with Gasteiger partial charge in [-0.15, -0.1) is 0 Å². The summed E-state index contributed by atoms with van der Waals surface area (Å²) in [5, 5.41) is 17.2. The van der Waals surface area contributed by atoms with E-state index in [2.05, 4.69) is 16.0 Å². The highest BCUT2D eigenvalue weighted by molar-refractivity contribution is 5.90. The predicted octanol–water partition coefficient (Wildman–Crippen LogP) is 2.44. The molecule has 0 aromatic heterocycles. The summed E-state index contributed by atoms with van der Waals surface area (Å²) in [5.41, 5.74) is 1.96. The highest BCUT2D eigenvalue weighted by Gasteiger charge is 2.16. The smallest absolute Gasteiger partial charge is 0.319 e. The van der Waals surface area contributed by atoms with Crippen molar-refractivity contribution in [3.63, 3.8) is 0 Å². The van der Waals surface area contributed by atoms with Crippen LogP contribution < -0.4 is 16.0 Å². The molecule has 2 rings (SSSR count). The van der Waals surface area contributed by atoms with E-state index in [0.717, 1.165) is 18.4 Å². The van der Waals surface area contributed by atoms with Gasteiger partial charge in [0.2, 0.25) is 5.91 Å². The summed E-state index contributed by atoms with van der Waals surface area (Å²) in [6, 6.07) is 7.06. The van der Waals surface area contributed by atoms with Crippen molar-refractivity contribution >= 4 is 17.6 Å². The number of nitrogens with one attached hydrogen (secondary N) is 3. The first-order valence-corrected chi connectivity index (χ1v) is 7.93. The van der Waals surface area contributed by atoms with E-state index in [9.17, 15) is 9.59 Å². The number of urea groups is 1. The molecule has 1 fully saturated rings. The van der Waals surface area contributed by atoms with Crippen molar-refractivity contribution in [3.8, 4) is 6.07 Å². The van der Waals surface area contributed by atoms with Gasteiger partial charge < -0.3 is 16.0 Å². The Morgan fingerprint density at radius 3 is 2.74 bits per heavy atom. The minimum atomic E-state index is -0.378. The Kier molecular flexibility index (Phi) is 5.98. The highest BCUT2D eigenvalue weighted by atomic mass is 16.2. The Morgan fingerprint density at radius 2 is 2.04 bits per heavy atom. The average Bonchev–Trinajstić information content (AvgIpc) is 3.02. The molecule has 3 amide bonds. The molecule has 23 heavy (non-hydrogen) atoms. The van der Waals surface area contributed by atoms with Gasteiger partial charge in [0.1, 0.15) is 0 Å². The maximum atomic E-state index is 11.9. The number of amides is 3. The van der Waals surface area contributed by atoms with Gasteiger partial charge >= 0.3 is 6.03 Å². The van der Waals surface area contributed by atoms with Crippen molar-refractivity contribution in [2.45, 2.75) is 45.1 Å². The van der Waals surface area contributed by atoms with E-state index in [4.69, 9.17) is 5.26 Å². The van der Waals surface area contributed by atoms with Crippen molar-refractivity contribution in [1.29, 1.82) is 5.26 Å². The molecule has 6 heteroatoms.